The van der Waals surface area contributed by atoms with Crippen molar-refractivity contribution in [3.63, 3.8) is 0 Å². The van der Waals surface area contributed by atoms with Gasteiger partial charge in [0.15, 0.2) is 5.13 Å². The van der Waals surface area contributed by atoms with Crippen LogP contribution in [0.2, 0.25) is 0 Å². The molecule has 0 spiro atoms. The summed E-state index contributed by atoms with van der Waals surface area (Å²) in [6, 6.07) is 26.7. The molecule has 3 aliphatic carbocycles. The molecule has 0 aliphatic heterocycles. The number of rotatable bonds is 4. The predicted molar refractivity (Wildman–Crippen MR) is 159 cm³/mol. The first-order valence-corrected chi connectivity index (χ1v) is 14.3. The van der Waals surface area contributed by atoms with Crippen LogP contribution in [0.1, 0.15) is 63.4 Å². The third kappa shape index (κ3) is 3.56. The summed E-state index contributed by atoms with van der Waals surface area (Å²) in [6.45, 7) is 4.16. The van der Waals surface area contributed by atoms with Crippen LogP contribution >= 0.6 is 11.3 Å². The second kappa shape index (κ2) is 9.14. The number of hydrogen-bond donors (Lipinski definition) is 1. The summed E-state index contributed by atoms with van der Waals surface area (Å²) < 4.78 is 5.12. The summed E-state index contributed by atoms with van der Waals surface area (Å²) in [6.07, 6.45) is 0.600. The molecule has 198 valence electrons. The van der Waals surface area contributed by atoms with Crippen molar-refractivity contribution in [2.24, 2.45) is 5.41 Å². The summed E-state index contributed by atoms with van der Waals surface area (Å²) in [5.74, 6) is -0.658. The van der Waals surface area contributed by atoms with Crippen molar-refractivity contribution in [2.75, 3.05) is 12.4 Å². The van der Waals surface area contributed by atoms with E-state index in [1.54, 1.807) is 0 Å². The Hall–Kier alpha value is -4.29. The monoisotopic (exact) mass is 544 g/mol. The second-order valence-corrected chi connectivity index (χ2v) is 11.9. The van der Waals surface area contributed by atoms with Gasteiger partial charge in [0.05, 0.1) is 23.8 Å². The Bertz CT molecular complexity index is 1840. The maximum absolute atomic E-state index is 14.1. The van der Waals surface area contributed by atoms with Crippen molar-refractivity contribution in [2.45, 2.75) is 32.1 Å². The highest BCUT2D eigenvalue weighted by Crippen LogP contribution is 2.62. The van der Waals surface area contributed by atoms with E-state index < -0.39 is 5.41 Å². The van der Waals surface area contributed by atoms with Gasteiger partial charge in [-0.2, -0.15) is 0 Å². The number of benzene rings is 4. The highest BCUT2D eigenvalue weighted by atomic mass is 32.1. The van der Waals surface area contributed by atoms with Gasteiger partial charge in [-0.25, -0.2) is 9.78 Å². The van der Waals surface area contributed by atoms with E-state index in [1.807, 2.05) is 42.6 Å². The Morgan fingerprint density at radius 3 is 2.45 bits per heavy atom. The Morgan fingerprint density at radius 2 is 1.65 bits per heavy atom. The number of nitrogens with one attached hydrogen (secondary N) is 1. The molecule has 0 fully saturated rings. The van der Waals surface area contributed by atoms with E-state index in [0.717, 1.165) is 33.3 Å². The fourth-order valence-electron chi connectivity index (χ4n) is 6.96. The average molecular weight is 545 g/mol. The standard InChI is InChI=1S/C34H28N2O3S/c1-19-15-16-23(21-10-5-4-9-20(19)21)28-18-40-33(35-28)36-32(38)34(2)17-27-22-11-6-7-12-24(22)30(34)25-13-8-14-26(29(25)27)31(37)39-3/h4-16,18,27,30H,17H2,1-3H3,(H,35,36,38). The number of aromatic nitrogens is 1. The van der Waals surface area contributed by atoms with Crippen LogP contribution in [0.4, 0.5) is 5.13 Å². The zero-order chi connectivity index (χ0) is 27.6. The van der Waals surface area contributed by atoms with E-state index in [-0.39, 0.29) is 23.7 Å². The number of hydrogen-bond acceptors (Lipinski definition) is 5. The molecule has 1 aromatic heterocycles. The smallest absolute Gasteiger partial charge is 0.338 e. The first-order chi connectivity index (χ1) is 19.4. The second-order valence-electron chi connectivity index (χ2n) is 11.0. The molecule has 1 heterocycles. The molecule has 0 saturated carbocycles. The van der Waals surface area contributed by atoms with Crippen LogP contribution in [0.3, 0.4) is 0 Å². The molecule has 40 heavy (non-hydrogen) atoms. The van der Waals surface area contributed by atoms with Gasteiger partial charge in [-0.05, 0) is 64.9 Å². The normalized spacial score (nSPS) is 20.6. The number of nitrogens with zero attached hydrogens (tertiary/aromatic N) is 1. The van der Waals surface area contributed by atoms with Crippen LogP contribution in [0.15, 0.2) is 84.2 Å². The largest absolute Gasteiger partial charge is 0.465 e. The minimum absolute atomic E-state index is 0.0548. The number of esters is 1. The van der Waals surface area contributed by atoms with E-state index >= 15 is 0 Å². The van der Waals surface area contributed by atoms with Crippen LogP contribution < -0.4 is 5.32 Å². The number of anilines is 1. The van der Waals surface area contributed by atoms with Gasteiger partial charge in [0.1, 0.15) is 0 Å². The average Bonchev–Trinajstić information content (AvgIpc) is 3.45. The van der Waals surface area contributed by atoms with Crippen LogP contribution in [-0.4, -0.2) is 24.0 Å². The number of fused-ring (bicyclic) bond motifs is 2. The molecule has 5 nitrogen and oxygen atoms in total. The predicted octanol–water partition coefficient (Wildman–Crippen LogP) is 7.68. The van der Waals surface area contributed by atoms with E-state index in [2.05, 4.69) is 60.8 Å². The molecule has 3 aliphatic rings. The molecule has 1 amide bonds. The summed E-state index contributed by atoms with van der Waals surface area (Å²) in [4.78, 5) is 31.7. The molecule has 0 saturated heterocycles. The molecule has 8 rings (SSSR count). The van der Waals surface area contributed by atoms with Crippen molar-refractivity contribution in [3.8, 4) is 11.3 Å². The van der Waals surface area contributed by atoms with Crippen LogP contribution in [0.5, 0.6) is 0 Å². The topological polar surface area (TPSA) is 68.3 Å². The molecule has 5 aromatic rings. The highest BCUT2D eigenvalue weighted by molar-refractivity contribution is 7.14. The van der Waals surface area contributed by atoms with Crippen molar-refractivity contribution in [1.82, 2.24) is 4.98 Å². The molecule has 2 bridgehead atoms. The van der Waals surface area contributed by atoms with Crippen molar-refractivity contribution >= 4 is 39.1 Å². The lowest BCUT2D eigenvalue weighted by Crippen LogP contribution is -2.47. The fraction of sp³-hybridized carbons (Fsp3) is 0.206. The number of ether oxygens (including phenoxy) is 1. The fourth-order valence-corrected chi connectivity index (χ4v) is 7.66. The molecular formula is C34H28N2O3S. The third-order valence-electron chi connectivity index (χ3n) is 8.81. The maximum atomic E-state index is 14.1. The quantitative estimate of drug-likeness (QED) is 0.236. The number of carbonyl (C=O) groups excluding carboxylic acids is 2. The Kier molecular flexibility index (Phi) is 5.65. The van der Waals surface area contributed by atoms with Crippen molar-refractivity contribution in [1.29, 1.82) is 0 Å². The molecular weight excluding hydrogens is 516 g/mol. The van der Waals surface area contributed by atoms with Crippen LogP contribution in [0.25, 0.3) is 22.0 Å². The molecule has 4 aromatic carbocycles. The maximum Gasteiger partial charge on any atom is 0.338 e. The Labute approximate surface area is 236 Å². The van der Waals surface area contributed by atoms with Gasteiger partial charge in [0, 0.05) is 22.8 Å². The van der Waals surface area contributed by atoms with E-state index in [1.165, 1.54) is 35.0 Å². The number of amides is 1. The molecule has 0 radical (unpaired) electrons. The number of methoxy groups -OCH3 is 1. The molecule has 3 unspecified atom stereocenters. The minimum Gasteiger partial charge on any atom is -0.465 e. The summed E-state index contributed by atoms with van der Waals surface area (Å²) in [5, 5.41) is 8.12. The first kappa shape index (κ1) is 24.7. The molecule has 3 atom stereocenters. The minimum atomic E-state index is -0.719. The van der Waals surface area contributed by atoms with Crippen LogP contribution in [0, 0.1) is 12.3 Å². The van der Waals surface area contributed by atoms with Gasteiger partial charge < -0.3 is 10.1 Å². The SMILES string of the molecule is COC(=O)c1cccc2c1C1CC(C)(C(=O)Nc3nc(-c4ccc(C)c5ccccc45)cs3)C2c2ccccc21. The number of thiazole rings is 1. The first-order valence-electron chi connectivity index (χ1n) is 13.5. The van der Waals surface area contributed by atoms with Crippen molar-refractivity contribution in [3.05, 3.63) is 118 Å². The van der Waals surface area contributed by atoms with Crippen molar-refractivity contribution < 1.29 is 14.3 Å². The summed E-state index contributed by atoms with van der Waals surface area (Å²) in [7, 11) is 1.41. The lowest BCUT2D eigenvalue weighted by Gasteiger charge is -2.51. The molecule has 1 N–H and O–H groups in total. The lowest BCUT2D eigenvalue weighted by atomic mass is 9.52. The zero-order valence-electron chi connectivity index (χ0n) is 22.5. The van der Waals surface area contributed by atoms with Crippen LogP contribution in [-0.2, 0) is 9.53 Å². The third-order valence-corrected chi connectivity index (χ3v) is 9.57. The van der Waals surface area contributed by atoms with Gasteiger partial charge in [-0.3, -0.25) is 4.79 Å². The van der Waals surface area contributed by atoms with E-state index in [4.69, 9.17) is 9.72 Å². The lowest BCUT2D eigenvalue weighted by molar-refractivity contribution is -0.126. The summed E-state index contributed by atoms with van der Waals surface area (Å²) in [5.41, 5.74) is 7.35. The molecule has 6 heteroatoms. The summed E-state index contributed by atoms with van der Waals surface area (Å²) >= 11 is 1.44. The number of carbonyl (C=O) groups is 2. The van der Waals surface area contributed by atoms with E-state index in [0.29, 0.717) is 17.1 Å². The van der Waals surface area contributed by atoms with Gasteiger partial charge >= 0.3 is 5.97 Å². The van der Waals surface area contributed by atoms with Gasteiger partial charge in [0.25, 0.3) is 0 Å². The Morgan fingerprint density at radius 1 is 0.925 bits per heavy atom. The van der Waals surface area contributed by atoms with Gasteiger partial charge in [-0.1, -0.05) is 72.8 Å². The Balaban J connectivity index is 1.26. The van der Waals surface area contributed by atoms with Gasteiger partial charge in [0.2, 0.25) is 5.91 Å². The van der Waals surface area contributed by atoms with E-state index in [9.17, 15) is 9.59 Å². The zero-order valence-corrected chi connectivity index (χ0v) is 23.3. The highest BCUT2D eigenvalue weighted by Gasteiger charge is 2.55. The van der Waals surface area contributed by atoms with Gasteiger partial charge in [-0.15, -0.1) is 11.3 Å². The number of aryl methyl sites for hydroxylation is 1.